The number of carbonyl (C=O) groups excluding carboxylic acids is 3. The Labute approximate surface area is 137 Å². The van der Waals surface area contributed by atoms with Crippen molar-refractivity contribution in [1.29, 1.82) is 0 Å². The first kappa shape index (κ1) is 18.9. The molecule has 24 heavy (non-hydrogen) atoms. The molecule has 1 aromatic rings. The number of ether oxygens (including phenoxy) is 2. The van der Waals surface area contributed by atoms with Crippen molar-refractivity contribution in [3.63, 3.8) is 0 Å². The van der Waals surface area contributed by atoms with Crippen molar-refractivity contribution in [2.45, 2.75) is 32.7 Å². The normalized spacial score (nSPS) is 12.4. The van der Waals surface area contributed by atoms with Crippen molar-refractivity contribution in [1.82, 2.24) is 10.6 Å². The van der Waals surface area contributed by atoms with Gasteiger partial charge in [0.05, 0.1) is 0 Å². The molecule has 0 aliphatic rings. The van der Waals surface area contributed by atoms with Gasteiger partial charge in [0.1, 0.15) is 12.6 Å². The molecular weight excluding hydrogens is 320 g/mol. The third kappa shape index (κ3) is 6.77. The molecule has 0 spiro atoms. The van der Waals surface area contributed by atoms with Gasteiger partial charge < -0.3 is 25.2 Å². The highest BCUT2D eigenvalue weighted by Gasteiger charge is 2.26. The summed E-state index contributed by atoms with van der Waals surface area (Å²) >= 11 is 0. The fourth-order valence-electron chi connectivity index (χ4n) is 1.57. The third-order valence-corrected chi connectivity index (χ3v) is 2.72. The molecule has 0 heterocycles. The Morgan fingerprint density at radius 2 is 1.75 bits per heavy atom. The lowest BCUT2D eigenvalue weighted by molar-refractivity contribution is -0.166. The zero-order chi connectivity index (χ0) is 18.1. The van der Waals surface area contributed by atoms with E-state index in [1.165, 1.54) is 6.92 Å². The predicted octanol–water partition coefficient (Wildman–Crippen LogP) is 0.391. The van der Waals surface area contributed by atoms with Crippen molar-refractivity contribution >= 4 is 23.9 Å². The van der Waals surface area contributed by atoms with Crippen LogP contribution in [0.15, 0.2) is 30.3 Å². The molecular formula is C15H18N2O7. The van der Waals surface area contributed by atoms with Crippen LogP contribution in [0.3, 0.4) is 0 Å². The topological polar surface area (TPSA) is 131 Å². The van der Waals surface area contributed by atoms with Crippen LogP contribution in [0.5, 0.6) is 0 Å². The van der Waals surface area contributed by atoms with Crippen LogP contribution >= 0.6 is 0 Å². The Kier molecular flexibility index (Phi) is 7.21. The minimum atomic E-state index is -1.83. The Balaban J connectivity index is 2.45. The zero-order valence-corrected chi connectivity index (χ0v) is 13.1. The summed E-state index contributed by atoms with van der Waals surface area (Å²) in [5, 5.41) is 13.1. The minimum Gasteiger partial charge on any atom is -0.477 e. The third-order valence-electron chi connectivity index (χ3n) is 2.72. The lowest BCUT2D eigenvalue weighted by Crippen LogP contribution is -2.51. The van der Waals surface area contributed by atoms with Crippen LogP contribution in [0.1, 0.15) is 19.4 Å². The van der Waals surface area contributed by atoms with Gasteiger partial charge in [-0.05, 0) is 12.5 Å². The summed E-state index contributed by atoms with van der Waals surface area (Å²) in [5.41, 5.74) is 0.769. The van der Waals surface area contributed by atoms with E-state index in [0.29, 0.717) is 0 Å². The second-order valence-electron chi connectivity index (χ2n) is 4.76. The molecule has 0 bridgehead atoms. The Hall–Kier alpha value is -3.10. The van der Waals surface area contributed by atoms with Gasteiger partial charge in [-0.3, -0.25) is 9.59 Å². The number of esters is 1. The summed E-state index contributed by atoms with van der Waals surface area (Å²) in [7, 11) is 0. The largest absolute Gasteiger partial charge is 0.477 e. The van der Waals surface area contributed by atoms with Gasteiger partial charge >= 0.3 is 18.0 Å². The molecule has 0 aliphatic carbocycles. The van der Waals surface area contributed by atoms with Gasteiger partial charge in [-0.2, -0.15) is 0 Å². The first-order valence-electron chi connectivity index (χ1n) is 6.97. The van der Waals surface area contributed by atoms with Crippen LogP contribution in [0, 0.1) is 0 Å². The number of rotatable bonds is 7. The van der Waals surface area contributed by atoms with Gasteiger partial charge in [-0.1, -0.05) is 30.3 Å². The molecule has 0 saturated heterocycles. The number of aliphatic carboxylic acids is 1. The Morgan fingerprint density at radius 1 is 1.12 bits per heavy atom. The Morgan fingerprint density at radius 3 is 2.29 bits per heavy atom. The number of benzene rings is 1. The molecule has 0 aromatic heterocycles. The smallest absolute Gasteiger partial charge is 0.408 e. The number of carbonyl (C=O) groups is 4. The van der Waals surface area contributed by atoms with E-state index < -0.39 is 36.2 Å². The monoisotopic (exact) mass is 338 g/mol. The number of carboxylic acid groups (broad SMARTS) is 1. The number of nitrogens with one attached hydrogen (secondary N) is 2. The fraction of sp³-hybridized carbons (Fsp3) is 0.333. The van der Waals surface area contributed by atoms with Crippen molar-refractivity contribution < 1.29 is 33.8 Å². The Bertz CT molecular complexity index is 603. The zero-order valence-electron chi connectivity index (χ0n) is 13.1. The molecule has 0 radical (unpaired) electrons. The average molecular weight is 338 g/mol. The van der Waals surface area contributed by atoms with E-state index in [0.717, 1.165) is 12.5 Å². The van der Waals surface area contributed by atoms with Gasteiger partial charge in [0.25, 0.3) is 6.23 Å². The van der Waals surface area contributed by atoms with Crippen LogP contribution < -0.4 is 10.6 Å². The van der Waals surface area contributed by atoms with Crippen LogP contribution in [0.4, 0.5) is 4.79 Å². The number of hydrogen-bond acceptors (Lipinski definition) is 6. The average Bonchev–Trinajstić information content (AvgIpc) is 2.52. The summed E-state index contributed by atoms with van der Waals surface area (Å²) in [6, 6.07) is 7.82. The van der Waals surface area contributed by atoms with Gasteiger partial charge in [0, 0.05) is 6.92 Å². The molecule has 9 nitrogen and oxygen atoms in total. The molecule has 0 fully saturated rings. The molecule has 0 saturated carbocycles. The maximum absolute atomic E-state index is 11.8. The fourth-order valence-corrected chi connectivity index (χ4v) is 1.57. The van der Waals surface area contributed by atoms with Crippen LogP contribution in [0.2, 0.25) is 0 Å². The lowest BCUT2D eigenvalue weighted by Gasteiger charge is -2.18. The summed E-state index contributed by atoms with van der Waals surface area (Å²) < 4.78 is 9.36. The molecule has 0 aliphatic heterocycles. The standard InChI is InChI=1S/C15H18N2O7/c1-9(12(19)17-13(14(20)21)24-10(2)18)16-15(22)23-8-11-6-4-3-5-7-11/h3-7,9,13H,8H2,1-2H3,(H,16,22)(H,17,19)(H,20,21)/t9-,13?/m0/s1. The van der Waals surface area contributed by atoms with Gasteiger partial charge in [-0.25, -0.2) is 9.59 Å². The molecule has 1 unspecified atom stereocenters. The van der Waals surface area contributed by atoms with E-state index in [-0.39, 0.29) is 6.61 Å². The van der Waals surface area contributed by atoms with E-state index in [2.05, 4.69) is 10.1 Å². The molecule has 130 valence electrons. The van der Waals surface area contributed by atoms with Crippen molar-refractivity contribution in [2.75, 3.05) is 0 Å². The van der Waals surface area contributed by atoms with E-state index in [4.69, 9.17) is 9.84 Å². The maximum atomic E-state index is 11.8. The second kappa shape index (κ2) is 9.13. The molecule has 9 heteroatoms. The SMILES string of the molecule is CC(=O)OC(NC(=O)[C@H](C)NC(=O)OCc1ccccc1)C(=O)O. The number of amides is 2. The minimum absolute atomic E-state index is 0.0201. The highest BCUT2D eigenvalue weighted by Crippen LogP contribution is 2.01. The molecule has 1 aromatic carbocycles. The van der Waals surface area contributed by atoms with Crippen molar-refractivity contribution in [3.05, 3.63) is 35.9 Å². The van der Waals surface area contributed by atoms with Crippen molar-refractivity contribution in [3.8, 4) is 0 Å². The summed E-state index contributed by atoms with van der Waals surface area (Å²) in [4.78, 5) is 45.1. The maximum Gasteiger partial charge on any atom is 0.408 e. The lowest BCUT2D eigenvalue weighted by atomic mass is 10.2. The first-order valence-corrected chi connectivity index (χ1v) is 6.97. The van der Waals surface area contributed by atoms with Crippen molar-refractivity contribution in [2.24, 2.45) is 0 Å². The van der Waals surface area contributed by atoms with Crippen LogP contribution in [-0.2, 0) is 30.5 Å². The molecule has 3 N–H and O–H groups in total. The highest BCUT2D eigenvalue weighted by atomic mass is 16.6. The van der Waals surface area contributed by atoms with Crippen LogP contribution in [0.25, 0.3) is 0 Å². The quantitative estimate of drug-likeness (QED) is 0.484. The van der Waals surface area contributed by atoms with Gasteiger partial charge in [0.15, 0.2) is 0 Å². The van der Waals surface area contributed by atoms with E-state index >= 15 is 0 Å². The number of hydrogen-bond donors (Lipinski definition) is 3. The van der Waals surface area contributed by atoms with Crippen LogP contribution in [-0.4, -0.2) is 41.3 Å². The predicted molar refractivity (Wildman–Crippen MR) is 80.6 cm³/mol. The number of alkyl carbamates (subject to hydrolysis) is 1. The summed E-state index contributed by atoms with van der Waals surface area (Å²) in [5.74, 6) is -3.26. The summed E-state index contributed by atoms with van der Waals surface area (Å²) in [6.45, 7) is 2.35. The highest BCUT2D eigenvalue weighted by molar-refractivity contribution is 5.89. The number of carboxylic acids is 1. The second-order valence-corrected chi connectivity index (χ2v) is 4.76. The van der Waals surface area contributed by atoms with E-state index in [1.807, 2.05) is 11.4 Å². The van der Waals surface area contributed by atoms with Gasteiger partial charge in [-0.15, -0.1) is 0 Å². The molecule has 1 rings (SSSR count). The van der Waals surface area contributed by atoms with Gasteiger partial charge in [0.2, 0.25) is 5.91 Å². The molecule has 2 amide bonds. The van der Waals surface area contributed by atoms with E-state index in [1.54, 1.807) is 24.3 Å². The summed E-state index contributed by atoms with van der Waals surface area (Å²) in [6.07, 6.45) is -2.68. The first-order chi connectivity index (χ1) is 11.3. The van der Waals surface area contributed by atoms with E-state index in [9.17, 15) is 19.2 Å². The molecule has 2 atom stereocenters.